The maximum absolute atomic E-state index is 12.7. The van der Waals surface area contributed by atoms with Crippen LogP contribution >= 0.6 is 23.2 Å². The van der Waals surface area contributed by atoms with Crippen LogP contribution in [0.3, 0.4) is 0 Å². The summed E-state index contributed by atoms with van der Waals surface area (Å²) in [6, 6.07) is 10.8. The van der Waals surface area contributed by atoms with Crippen molar-refractivity contribution in [2.24, 2.45) is 0 Å². The number of halogens is 2. The number of nitrogens with one attached hydrogen (secondary N) is 1. The Labute approximate surface area is 127 Å². The van der Waals surface area contributed by atoms with E-state index in [-0.39, 0.29) is 5.78 Å². The zero-order chi connectivity index (χ0) is 14.1. The summed E-state index contributed by atoms with van der Waals surface area (Å²) >= 11 is 11.9. The van der Waals surface area contributed by atoms with Crippen molar-refractivity contribution in [2.75, 3.05) is 11.9 Å². The Morgan fingerprint density at radius 3 is 2.75 bits per heavy atom. The Hall–Kier alpha value is -1.51. The highest BCUT2D eigenvalue weighted by Crippen LogP contribution is 2.29. The van der Waals surface area contributed by atoms with Gasteiger partial charge in [0.15, 0.2) is 5.78 Å². The van der Waals surface area contributed by atoms with Crippen LogP contribution in [0.4, 0.5) is 5.69 Å². The van der Waals surface area contributed by atoms with E-state index >= 15 is 0 Å². The van der Waals surface area contributed by atoms with Gasteiger partial charge in [-0.1, -0.05) is 35.3 Å². The molecular formula is C16H13Cl2NO. The molecule has 0 saturated heterocycles. The first-order chi connectivity index (χ1) is 9.66. The highest BCUT2D eigenvalue weighted by Gasteiger charge is 2.19. The van der Waals surface area contributed by atoms with Crippen LogP contribution in [0.15, 0.2) is 36.4 Å². The molecule has 4 heteroatoms. The average Bonchev–Trinajstić information content (AvgIpc) is 2.49. The quantitative estimate of drug-likeness (QED) is 0.823. The van der Waals surface area contributed by atoms with Crippen molar-refractivity contribution in [2.45, 2.75) is 12.8 Å². The van der Waals surface area contributed by atoms with Crippen LogP contribution in [0, 0.1) is 0 Å². The number of ketones is 1. The number of carbonyl (C=O) groups excluding carboxylic acids is 1. The van der Waals surface area contributed by atoms with E-state index in [9.17, 15) is 4.79 Å². The van der Waals surface area contributed by atoms with Gasteiger partial charge in [-0.15, -0.1) is 0 Å². The van der Waals surface area contributed by atoms with E-state index in [1.54, 1.807) is 18.2 Å². The third-order valence-electron chi connectivity index (χ3n) is 3.52. The fourth-order valence-electron chi connectivity index (χ4n) is 2.52. The summed E-state index contributed by atoms with van der Waals surface area (Å²) in [6.07, 6.45) is 1.96. The third-order valence-corrected chi connectivity index (χ3v) is 4.26. The number of carbonyl (C=O) groups is 1. The largest absolute Gasteiger partial charge is 0.385 e. The lowest BCUT2D eigenvalue weighted by Gasteiger charge is -2.20. The van der Waals surface area contributed by atoms with Crippen molar-refractivity contribution in [1.82, 2.24) is 0 Å². The molecule has 1 heterocycles. The van der Waals surface area contributed by atoms with Gasteiger partial charge in [-0.3, -0.25) is 4.79 Å². The van der Waals surface area contributed by atoms with Crippen LogP contribution in [0.1, 0.15) is 27.9 Å². The average molecular weight is 306 g/mol. The summed E-state index contributed by atoms with van der Waals surface area (Å²) in [5.74, 6) is -0.0101. The van der Waals surface area contributed by atoms with Gasteiger partial charge in [-0.05, 0) is 42.7 Å². The van der Waals surface area contributed by atoms with E-state index in [4.69, 9.17) is 23.2 Å². The van der Waals surface area contributed by atoms with Crippen molar-refractivity contribution in [3.05, 3.63) is 63.1 Å². The Morgan fingerprint density at radius 2 is 1.95 bits per heavy atom. The molecule has 0 saturated carbocycles. The minimum Gasteiger partial charge on any atom is -0.385 e. The molecule has 2 aromatic rings. The Kier molecular flexibility index (Phi) is 3.68. The molecule has 0 amide bonds. The lowest BCUT2D eigenvalue weighted by Crippen LogP contribution is -2.16. The Bertz CT molecular complexity index is 682. The number of benzene rings is 2. The number of hydrogen-bond acceptors (Lipinski definition) is 2. The predicted molar refractivity (Wildman–Crippen MR) is 83.1 cm³/mol. The molecule has 2 aromatic carbocycles. The zero-order valence-corrected chi connectivity index (χ0v) is 12.3. The molecule has 1 aliphatic rings. The van der Waals surface area contributed by atoms with E-state index in [1.807, 2.05) is 18.2 Å². The van der Waals surface area contributed by atoms with Crippen LogP contribution in [0.2, 0.25) is 10.0 Å². The predicted octanol–water partition coefficient (Wildman–Crippen LogP) is 4.58. The van der Waals surface area contributed by atoms with Gasteiger partial charge in [0.25, 0.3) is 0 Å². The van der Waals surface area contributed by atoms with E-state index in [2.05, 4.69) is 5.32 Å². The normalized spacial score (nSPS) is 13.5. The second-order valence-corrected chi connectivity index (χ2v) is 5.63. The standard InChI is InChI=1S/C16H13Cl2NO/c17-13-7-6-10(9-14(13)18)16(20)12-3-1-5-15-11(12)4-2-8-19-15/h1,3,5-7,9,19H,2,4,8H2. The first-order valence-corrected chi connectivity index (χ1v) is 7.28. The first-order valence-electron chi connectivity index (χ1n) is 6.52. The van der Waals surface area contributed by atoms with E-state index < -0.39 is 0 Å². The van der Waals surface area contributed by atoms with Crippen LogP contribution in [-0.4, -0.2) is 12.3 Å². The van der Waals surface area contributed by atoms with Crippen LogP contribution < -0.4 is 5.32 Å². The van der Waals surface area contributed by atoms with E-state index in [0.29, 0.717) is 15.6 Å². The van der Waals surface area contributed by atoms with Crippen LogP contribution in [0.25, 0.3) is 0 Å². The highest BCUT2D eigenvalue weighted by atomic mass is 35.5. The monoisotopic (exact) mass is 305 g/mol. The highest BCUT2D eigenvalue weighted by molar-refractivity contribution is 6.42. The van der Waals surface area contributed by atoms with Gasteiger partial charge >= 0.3 is 0 Å². The summed E-state index contributed by atoms with van der Waals surface area (Å²) in [4.78, 5) is 12.7. The van der Waals surface area contributed by atoms with Crippen molar-refractivity contribution < 1.29 is 4.79 Å². The molecule has 0 aliphatic carbocycles. The van der Waals surface area contributed by atoms with Crippen molar-refractivity contribution >= 4 is 34.7 Å². The number of hydrogen-bond donors (Lipinski definition) is 1. The number of fused-ring (bicyclic) bond motifs is 1. The smallest absolute Gasteiger partial charge is 0.193 e. The molecule has 1 N–H and O–H groups in total. The summed E-state index contributed by atoms with van der Waals surface area (Å²) in [7, 11) is 0. The summed E-state index contributed by atoms with van der Waals surface area (Å²) in [6.45, 7) is 0.956. The van der Waals surface area contributed by atoms with Gasteiger partial charge in [0.2, 0.25) is 0 Å². The summed E-state index contributed by atoms with van der Waals surface area (Å²) in [5.41, 5.74) is 3.46. The van der Waals surface area contributed by atoms with Gasteiger partial charge in [0, 0.05) is 23.4 Å². The molecule has 0 fully saturated rings. The molecule has 102 valence electrons. The SMILES string of the molecule is O=C(c1ccc(Cl)c(Cl)c1)c1cccc2c1CCCN2. The fourth-order valence-corrected chi connectivity index (χ4v) is 2.81. The van der Waals surface area contributed by atoms with Crippen molar-refractivity contribution in [1.29, 1.82) is 0 Å². The van der Waals surface area contributed by atoms with Crippen molar-refractivity contribution in [3.8, 4) is 0 Å². The molecule has 0 unspecified atom stereocenters. The fraction of sp³-hybridized carbons (Fsp3) is 0.188. The molecule has 2 nitrogen and oxygen atoms in total. The lowest BCUT2D eigenvalue weighted by atomic mass is 9.92. The Balaban J connectivity index is 2.04. The maximum Gasteiger partial charge on any atom is 0.193 e. The molecule has 0 bridgehead atoms. The lowest BCUT2D eigenvalue weighted by molar-refractivity contribution is 0.103. The topological polar surface area (TPSA) is 29.1 Å². The number of rotatable bonds is 2. The molecule has 3 rings (SSSR count). The van der Waals surface area contributed by atoms with Crippen molar-refractivity contribution in [3.63, 3.8) is 0 Å². The summed E-state index contributed by atoms with van der Waals surface area (Å²) < 4.78 is 0. The molecule has 0 spiro atoms. The van der Waals surface area contributed by atoms with E-state index in [0.717, 1.165) is 36.2 Å². The second kappa shape index (κ2) is 5.47. The minimum atomic E-state index is -0.0101. The van der Waals surface area contributed by atoms with Crippen LogP contribution in [0.5, 0.6) is 0 Å². The van der Waals surface area contributed by atoms with E-state index in [1.165, 1.54) is 0 Å². The molecule has 0 atom stereocenters. The third kappa shape index (κ3) is 2.41. The van der Waals surface area contributed by atoms with Gasteiger partial charge < -0.3 is 5.32 Å². The van der Waals surface area contributed by atoms with Gasteiger partial charge in [0.1, 0.15) is 0 Å². The summed E-state index contributed by atoms with van der Waals surface area (Å²) in [5, 5.41) is 4.19. The minimum absolute atomic E-state index is 0.0101. The molecule has 0 aromatic heterocycles. The second-order valence-electron chi connectivity index (χ2n) is 4.82. The maximum atomic E-state index is 12.7. The van der Waals surface area contributed by atoms with Gasteiger partial charge in [0.05, 0.1) is 10.0 Å². The molecule has 0 radical (unpaired) electrons. The number of anilines is 1. The van der Waals surface area contributed by atoms with Gasteiger partial charge in [-0.2, -0.15) is 0 Å². The molecule has 1 aliphatic heterocycles. The zero-order valence-electron chi connectivity index (χ0n) is 10.7. The molecular weight excluding hydrogens is 293 g/mol. The Morgan fingerprint density at radius 1 is 1.10 bits per heavy atom. The van der Waals surface area contributed by atoms with Crippen LogP contribution in [-0.2, 0) is 6.42 Å². The van der Waals surface area contributed by atoms with Gasteiger partial charge in [-0.25, -0.2) is 0 Å². The molecule has 20 heavy (non-hydrogen) atoms. The first kappa shape index (κ1) is 13.5.